The third kappa shape index (κ3) is 6.47. The molecule has 6 atom stereocenters. The summed E-state index contributed by atoms with van der Waals surface area (Å²) in [6.07, 6.45) is -2.90. The van der Waals surface area contributed by atoms with Crippen LogP contribution >= 0.6 is 24.0 Å². The summed E-state index contributed by atoms with van der Waals surface area (Å²) in [5, 5.41) is 3.12. The van der Waals surface area contributed by atoms with Crippen LogP contribution in [0.3, 0.4) is 0 Å². The summed E-state index contributed by atoms with van der Waals surface area (Å²) in [5.41, 5.74) is 0. The molecule has 2 N–H and O–H groups in total. The molecule has 0 amide bonds. The Labute approximate surface area is 169 Å². The molecule has 12 heteroatoms. The molecule has 0 aliphatic carbocycles. The molecule has 9 nitrogen and oxygen atoms in total. The SMILES string of the molecule is CCC(C)NC(=S)SC[C@H](OS(=O)(=O)O)[C@H]1O[C@@H]2OC(C)(C)O[C@@H]2[C@H]1OC. The van der Waals surface area contributed by atoms with E-state index in [2.05, 4.69) is 5.32 Å². The Morgan fingerprint density at radius 2 is 2.07 bits per heavy atom. The van der Waals surface area contributed by atoms with Gasteiger partial charge in [0.1, 0.15) is 28.7 Å². The Kier molecular flexibility index (Phi) is 7.90. The van der Waals surface area contributed by atoms with Crippen molar-refractivity contribution in [2.45, 2.75) is 76.7 Å². The van der Waals surface area contributed by atoms with Crippen LogP contribution < -0.4 is 5.32 Å². The van der Waals surface area contributed by atoms with Gasteiger partial charge in [0.2, 0.25) is 0 Å². The fourth-order valence-electron chi connectivity index (χ4n) is 2.91. The molecule has 2 aliphatic heterocycles. The summed E-state index contributed by atoms with van der Waals surface area (Å²) < 4.78 is 59.9. The van der Waals surface area contributed by atoms with Gasteiger partial charge < -0.3 is 24.3 Å². The average molecular weight is 446 g/mol. The minimum Gasteiger partial charge on any atom is -0.376 e. The van der Waals surface area contributed by atoms with Crippen LogP contribution in [0, 0.1) is 0 Å². The molecule has 0 aromatic carbocycles. The van der Waals surface area contributed by atoms with Gasteiger partial charge >= 0.3 is 10.4 Å². The van der Waals surface area contributed by atoms with E-state index in [-0.39, 0.29) is 11.8 Å². The lowest BCUT2D eigenvalue weighted by molar-refractivity contribution is -0.224. The van der Waals surface area contributed by atoms with Gasteiger partial charge in [0.15, 0.2) is 12.1 Å². The zero-order chi connectivity index (χ0) is 20.4. The third-order valence-corrected chi connectivity index (χ3v) is 6.10. The summed E-state index contributed by atoms with van der Waals surface area (Å²) in [6.45, 7) is 7.50. The van der Waals surface area contributed by atoms with Crippen molar-refractivity contribution in [3.8, 4) is 0 Å². The second-order valence-electron chi connectivity index (χ2n) is 6.88. The zero-order valence-electron chi connectivity index (χ0n) is 15.9. The van der Waals surface area contributed by atoms with E-state index in [1.165, 1.54) is 18.9 Å². The fraction of sp³-hybridized carbons (Fsp3) is 0.933. The van der Waals surface area contributed by atoms with Gasteiger partial charge in [-0.3, -0.25) is 4.55 Å². The molecule has 158 valence electrons. The number of hydrogen-bond donors (Lipinski definition) is 2. The average Bonchev–Trinajstić information content (AvgIpc) is 3.01. The highest BCUT2D eigenvalue weighted by atomic mass is 32.3. The van der Waals surface area contributed by atoms with Crippen LogP contribution in [0.15, 0.2) is 0 Å². The van der Waals surface area contributed by atoms with Crippen molar-refractivity contribution in [2.75, 3.05) is 12.9 Å². The van der Waals surface area contributed by atoms with Crippen LogP contribution in [-0.4, -0.2) is 72.7 Å². The Balaban J connectivity index is 2.08. The summed E-state index contributed by atoms with van der Waals surface area (Å²) in [6, 6.07) is 0.184. The zero-order valence-corrected chi connectivity index (χ0v) is 18.4. The van der Waals surface area contributed by atoms with Gasteiger partial charge in [0.25, 0.3) is 0 Å². The van der Waals surface area contributed by atoms with E-state index in [0.29, 0.717) is 4.32 Å². The van der Waals surface area contributed by atoms with Gasteiger partial charge in [-0.1, -0.05) is 30.9 Å². The molecular weight excluding hydrogens is 418 g/mol. The van der Waals surface area contributed by atoms with Crippen LogP contribution in [-0.2, 0) is 33.5 Å². The highest BCUT2D eigenvalue weighted by Gasteiger charge is 2.57. The van der Waals surface area contributed by atoms with Crippen LogP contribution in [0.5, 0.6) is 0 Å². The maximum Gasteiger partial charge on any atom is 0.397 e. The van der Waals surface area contributed by atoms with Gasteiger partial charge in [-0.25, -0.2) is 4.18 Å². The first kappa shape index (κ1) is 23.2. The second kappa shape index (κ2) is 9.18. The quantitative estimate of drug-likeness (QED) is 0.418. The largest absolute Gasteiger partial charge is 0.397 e. The highest BCUT2D eigenvalue weighted by molar-refractivity contribution is 8.23. The van der Waals surface area contributed by atoms with Gasteiger partial charge in [-0.05, 0) is 27.2 Å². The highest BCUT2D eigenvalue weighted by Crippen LogP contribution is 2.40. The molecule has 0 aromatic rings. The molecule has 2 rings (SSSR count). The van der Waals surface area contributed by atoms with Crippen molar-refractivity contribution in [2.24, 2.45) is 0 Å². The number of ether oxygens (including phenoxy) is 4. The van der Waals surface area contributed by atoms with E-state index in [1.54, 1.807) is 13.8 Å². The van der Waals surface area contributed by atoms with Crippen molar-refractivity contribution in [3.63, 3.8) is 0 Å². The van der Waals surface area contributed by atoms with Crippen molar-refractivity contribution in [1.29, 1.82) is 0 Å². The van der Waals surface area contributed by atoms with Crippen molar-refractivity contribution < 1.29 is 36.1 Å². The Morgan fingerprint density at radius 1 is 1.41 bits per heavy atom. The molecule has 0 radical (unpaired) electrons. The first-order chi connectivity index (χ1) is 12.5. The number of hydrogen-bond acceptors (Lipinski definition) is 9. The minimum absolute atomic E-state index is 0.120. The molecule has 0 saturated carbocycles. The molecule has 0 bridgehead atoms. The predicted molar refractivity (Wildman–Crippen MR) is 104 cm³/mol. The summed E-state index contributed by atoms with van der Waals surface area (Å²) in [7, 11) is -3.25. The lowest BCUT2D eigenvalue weighted by Gasteiger charge is -2.29. The topological polar surface area (TPSA) is 113 Å². The minimum atomic E-state index is -4.71. The predicted octanol–water partition coefficient (Wildman–Crippen LogP) is 1.47. The normalized spacial score (nSPS) is 32.1. The van der Waals surface area contributed by atoms with Gasteiger partial charge in [0, 0.05) is 18.9 Å². The van der Waals surface area contributed by atoms with Crippen molar-refractivity contribution in [3.05, 3.63) is 0 Å². The van der Waals surface area contributed by atoms with Gasteiger partial charge in [0.05, 0.1) is 0 Å². The fourth-order valence-corrected chi connectivity index (χ4v) is 4.75. The first-order valence-electron chi connectivity index (χ1n) is 8.58. The van der Waals surface area contributed by atoms with Gasteiger partial charge in [-0.2, -0.15) is 8.42 Å². The Hall–Kier alpha value is -0.0500. The number of methoxy groups -OCH3 is 1. The van der Waals surface area contributed by atoms with Crippen molar-refractivity contribution >= 4 is 38.7 Å². The third-order valence-electron chi connectivity index (χ3n) is 4.27. The van der Waals surface area contributed by atoms with E-state index in [4.69, 9.17) is 35.3 Å². The maximum absolute atomic E-state index is 11.3. The van der Waals surface area contributed by atoms with E-state index in [9.17, 15) is 13.0 Å². The molecule has 2 heterocycles. The number of thiocarbonyl (C=S) groups is 1. The lowest BCUT2D eigenvalue weighted by Crippen LogP contribution is -2.45. The number of thioether (sulfide) groups is 1. The second-order valence-corrected chi connectivity index (χ2v) is 9.63. The molecule has 0 aromatic heterocycles. The van der Waals surface area contributed by atoms with E-state index in [0.717, 1.165) is 6.42 Å². The van der Waals surface area contributed by atoms with Crippen LogP contribution in [0.1, 0.15) is 34.1 Å². The van der Waals surface area contributed by atoms with E-state index in [1.807, 2.05) is 13.8 Å². The monoisotopic (exact) mass is 445 g/mol. The van der Waals surface area contributed by atoms with E-state index < -0.39 is 46.9 Å². The molecule has 2 saturated heterocycles. The number of fused-ring (bicyclic) bond motifs is 1. The van der Waals surface area contributed by atoms with Crippen LogP contribution in [0.2, 0.25) is 0 Å². The Bertz CT molecular complexity index is 629. The molecule has 2 aliphatic rings. The van der Waals surface area contributed by atoms with Crippen LogP contribution in [0.4, 0.5) is 0 Å². The Morgan fingerprint density at radius 3 is 2.63 bits per heavy atom. The lowest BCUT2D eigenvalue weighted by atomic mass is 10.1. The molecular formula is C15H27NO8S3. The summed E-state index contributed by atoms with van der Waals surface area (Å²) >= 11 is 6.46. The van der Waals surface area contributed by atoms with Gasteiger partial charge in [-0.15, -0.1) is 0 Å². The number of nitrogens with one attached hydrogen (secondary N) is 1. The number of rotatable bonds is 8. The summed E-state index contributed by atoms with van der Waals surface area (Å²) in [4.78, 5) is 0. The molecule has 1 unspecified atom stereocenters. The standard InChI is InChI=1S/C15H27NO8S3/c1-6-8(2)16-14(25)26-7-9(24-27(17,18)19)10-11(20-5)12-13(21-10)23-15(3,4)22-12/h8-13H,6-7H2,1-5H3,(H,16,25)(H,17,18,19)/t8?,9-,10+,11-,12+,13+/m0/s1. The van der Waals surface area contributed by atoms with E-state index >= 15 is 0 Å². The molecule has 27 heavy (non-hydrogen) atoms. The first-order valence-corrected chi connectivity index (χ1v) is 11.3. The molecule has 2 fully saturated rings. The smallest absolute Gasteiger partial charge is 0.376 e. The van der Waals surface area contributed by atoms with Crippen LogP contribution in [0.25, 0.3) is 0 Å². The maximum atomic E-state index is 11.3. The molecule has 0 spiro atoms. The van der Waals surface area contributed by atoms with Crippen molar-refractivity contribution in [1.82, 2.24) is 5.32 Å². The summed E-state index contributed by atoms with van der Waals surface area (Å²) in [5.74, 6) is -0.720.